The van der Waals surface area contributed by atoms with E-state index in [0.29, 0.717) is 11.2 Å². The summed E-state index contributed by atoms with van der Waals surface area (Å²) in [5, 5.41) is 4.22. The smallest absolute Gasteiger partial charge is 0.134 e. The molecule has 1 rings (SSSR count). The molecule has 0 radical (unpaired) electrons. The van der Waals surface area contributed by atoms with E-state index in [1.165, 1.54) is 25.7 Å². The van der Waals surface area contributed by atoms with E-state index in [-0.39, 0.29) is 0 Å². The molecule has 0 bridgehead atoms. The molecule has 0 aliphatic carbocycles. The predicted octanol–water partition coefficient (Wildman–Crippen LogP) is 4.73. The van der Waals surface area contributed by atoms with E-state index >= 15 is 0 Å². The molecule has 1 heterocycles. The van der Waals surface area contributed by atoms with Gasteiger partial charge in [-0.15, -0.1) is 0 Å². The number of rotatable bonds is 6. The van der Waals surface area contributed by atoms with Crippen molar-refractivity contribution in [3.63, 3.8) is 0 Å². The molecule has 2 nitrogen and oxygen atoms in total. The van der Waals surface area contributed by atoms with Crippen LogP contribution in [0.1, 0.15) is 50.8 Å². The predicted molar refractivity (Wildman–Crippen MR) is 75.9 cm³/mol. The van der Waals surface area contributed by atoms with Gasteiger partial charge in [0.05, 0.1) is 0 Å². The molecule has 0 amide bonds. The Balaban J connectivity index is 2.84. The number of halogens is 1. The summed E-state index contributed by atoms with van der Waals surface area (Å²) in [6.07, 6.45) is 4.81. The molecule has 17 heavy (non-hydrogen) atoms. The summed E-state index contributed by atoms with van der Waals surface area (Å²) in [5.74, 6) is 0. The minimum absolute atomic E-state index is 0.543. The number of aryl methyl sites for hydroxylation is 1. The lowest BCUT2D eigenvalue weighted by molar-refractivity contribution is 0.586. The van der Waals surface area contributed by atoms with E-state index in [1.54, 1.807) is 0 Å². The molecule has 0 saturated carbocycles. The monoisotopic (exact) mass is 254 g/mol. The highest BCUT2D eigenvalue weighted by molar-refractivity contribution is 6.30. The molecule has 1 N–H and O–H groups in total. The maximum absolute atomic E-state index is 6.11. The first-order chi connectivity index (χ1) is 8.08. The second-order valence-corrected chi connectivity index (χ2v) is 5.00. The van der Waals surface area contributed by atoms with Gasteiger partial charge in [-0.1, -0.05) is 38.3 Å². The number of anilines is 1. The Hall–Kier alpha value is -0.760. The molecule has 0 unspecified atom stereocenters. The van der Waals surface area contributed by atoms with E-state index in [1.807, 2.05) is 13.8 Å². The normalized spacial score (nSPS) is 10.9. The number of hydrogen-bond acceptors (Lipinski definition) is 2. The average Bonchev–Trinajstić information content (AvgIpc) is 2.26. The summed E-state index contributed by atoms with van der Waals surface area (Å²) in [4.78, 5) is 4.26. The first kappa shape index (κ1) is 14.3. The molecule has 0 atom stereocenters. The number of hydrogen-bond donors (Lipinski definition) is 1. The minimum atomic E-state index is 0.543. The molecule has 1 aromatic heterocycles. The van der Waals surface area contributed by atoms with E-state index in [0.717, 1.165) is 16.9 Å². The molecule has 0 spiro atoms. The number of nitrogens with zero attached hydrogens (tertiary/aromatic N) is 1. The van der Waals surface area contributed by atoms with Gasteiger partial charge in [-0.25, -0.2) is 4.98 Å². The Kier molecular flexibility index (Phi) is 5.76. The Morgan fingerprint density at radius 2 is 1.82 bits per heavy atom. The third-order valence-corrected chi connectivity index (χ3v) is 3.34. The lowest BCUT2D eigenvalue weighted by Crippen LogP contribution is -2.19. The standard InChI is InChI=1S/C14H23ClN2/c1-5-7-12(8-6-2)17-13-9-10(3)16-14(15)11(13)4/h9,12H,5-8H2,1-4H3,(H,16,17). The fraction of sp³-hybridized carbons (Fsp3) is 0.643. The zero-order valence-electron chi connectivity index (χ0n) is 11.3. The zero-order valence-corrected chi connectivity index (χ0v) is 12.1. The van der Waals surface area contributed by atoms with Gasteiger partial charge in [0.1, 0.15) is 5.15 Å². The van der Waals surface area contributed by atoms with Gasteiger partial charge in [-0.2, -0.15) is 0 Å². The molecule has 0 fully saturated rings. The summed E-state index contributed by atoms with van der Waals surface area (Å²) < 4.78 is 0. The largest absolute Gasteiger partial charge is 0.382 e. The van der Waals surface area contributed by atoms with Crippen LogP contribution in [0, 0.1) is 13.8 Å². The molecular weight excluding hydrogens is 232 g/mol. The molecule has 0 aromatic carbocycles. The van der Waals surface area contributed by atoms with Crippen LogP contribution in [0.2, 0.25) is 5.15 Å². The van der Waals surface area contributed by atoms with Gasteiger partial charge in [-0.3, -0.25) is 0 Å². The third-order valence-electron chi connectivity index (χ3n) is 2.98. The van der Waals surface area contributed by atoms with Crippen LogP contribution in [-0.4, -0.2) is 11.0 Å². The average molecular weight is 255 g/mol. The fourth-order valence-corrected chi connectivity index (χ4v) is 2.29. The highest BCUT2D eigenvalue weighted by Crippen LogP contribution is 2.24. The second-order valence-electron chi connectivity index (χ2n) is 4.65. The van der Waals surface area contributed by atoms with Crippen LogP contribution in [0.15, 0.2) is 6.07 Å². The quantitative estimate of drug-likeness (QED) is 0.743. The molecule has 0 saturated heterocycles. The van der Waals surface area contributed by atoms with E-state index in [9.17, 15) is 0 Å². The van der Waals surface area contributed by atoms with Gasteiger partial charge in [0.25, 0.3) is 0 Å². The van der Waals surface area contributed by atoms with Crippen LogP contribution in [0.5, 0.6) is 0 Å². The van der Waals surface area contributed by atoms with Crippen LogP contribution in [-0.2, 0) is 0 Å². The number of nitrogens with one attached hydrogen (secondary N) is 1. The van der Waals surface area contributed by atoms with Crippen LogP contribution >= 0.6 is 11.6 Å². The highest BCUT2D eigenvalue weighted by Gasteiger charge is 2.10. The molecular formula is C14H23ClN2. The van der Waals surface area contributed by atoms with Crippen molar-refractivity contribution >= 4 is 17.3 Å². The zero-order chi connectivity index (χ0) is 12.8. The van der Waals surface area contributed by atoms with E-state index in [2.05, 4.69) is 30.2 Å². The molecule has 0 aliphatic rings. The van der Waals surface area contributed by atoms with Crippen molar-refractivity contribution in [3.8, 4) is 0 Å². The summed E-state index contributed by atoms with van der Waals surface area (Å²) in [6.45, 7) is 8.45. The Labute approximate surface area is 110 Å². The Morgan fingerprint density at radius 1 is 1.24 bits per heavy atom. The van der Waals surface area contributed by atoms with Crippen molar-refractivity contribution in [2.75, 3.05) is 5.32 Å². The van der Waals surface area contributed by atoms with Crippen LogP contribution < -0.4 is 5.32 Å². The summed E-state index contributed by atoms with van der Waals surface area (Å²) in [5.41, 5.74) is 3.15. The van der Waals surface area contributed by atoms with Crippen molar-refractivity contribution in [2.45, 2.75) is 59.4 Å². The van der Waals surface area contributed by atoms with E-state index < -0.39 is 0 Å². The molecule has 3 heteroatoms. The third kappa shape index (κ3) is 4.19. The van der Waals surface area contributed by atoms with Gasteiger partial charge in [-0.05, 0) is 32.8 Å². The minimum Gasteiger partial charge on any atom is -0.382 e. The van der Waals surface area contributed by atoms with Crippen LogP contribution in [0.25, 0.3) is 0 Å². The van der Waals surface area contributed by atoms with E-state index in [4.69, 9.17) is 11.6 Å². The van der Waals surface area contributed by atoms with Crippen molar-refractivity contribution in [3.05, 3.63) is 22.5 Å². The van der Waals surface area contributed by atoms with Crippen molar-refractivity contribution < 1.29 is 0 Å². The SMILES string of the molecule is CCCC(CCC)Nc1cc(C)nc(Cl)c1C. The Morgan fingerprint density at radius 3 is 2.35 bits per heavy atom. The maximum Gasteiger partial charge on any atom is 0.134 e. The first-order valence-corrected chi connectivity index (χ1v) is 6.86. The van der Waals surface area contributed by atoms with Gasteiger partial charge >= 0.3 is 0 Å². The van der Waals surface area contributed by atoms with Crippen LogP contribution in [0.3, 0.4) is 0 Å². The topological polar surface area (TPSA) is 24.9 Å². The van der Waals surface area contributed by atoms with Crippen LogP contribution in [0.4, 0.5) is 5.69 Å². The first-order valence-electron chi connectivity index (χ1n) is 6.48. The summed E-state index contributed by atoms with van der Waals surface area (Å²) in [7, 11) is 0. The second kappa shape index (κ2) is 6.85. The van der Waals surface area contributed by atoms with Crippen molar-refractivity contribution in [1.29, 1.82) is 0 Å². The maximum atomic E-state index is 6.11. The number of aromatic nitrogens is 1. The summed E-state index contributed by atoms with van der Waals surface area (Å²) in [6, 6.07) is 2.63. The molecule has 0 aliphatic heterocycles. The van der Waals surface area contributed by atoms with Gasteiger partial charge in [0.2, 0.25) is 0 Å². The number of pyridine rings is 1. The Bertz CT molecular complexity index is 357. The van der Waals surface area contributed by atoms with Gasteiger partial charge in [0.15, 0.2) is 0 Å². The van der Waals surface area contributed by atoms with Crippen molar-refractivity contribution in [1.82, 2.24) is 4.98 Å². The molecule has 96 valence electrons. The lowest BCUT2D eigenvalue weighted by atomic mass is 10.1. The van der Waals surface area contributed by atoms with Crippen molar-refractivity contribution in [2.24, 2.45) is 0 Å². The van der Waals surface area contributed by atoms with Gasteiger partial charge < -0.3 is 5.32 Å². The summed E-state index contributed by atoms with van der Waals surface area (Å²) >= 11 is 6.11. The highest BCUT2D eigenvalue weighted by atomic mass is 35.5. The van der Waals surface area contributed by atoms with Gasteiger partial charge in [0, 0.05) is 23.0 Å². The fourth-order valence-electron chi connectivity index (χ4n) is 2.05. The molecule has 1 aromatic rings. The lowest BCUT2D eigenvalue weighted by Gasteiger charge is -2.20.